The van der Waals surface area contributed by atoms with Crippen LogP contribution in [0.25, 0.3) is 0 Å². The summed E-state index contributed by atoms with van der Waals surface area (Å²) in [7, 11) is 1.89. The molecule has 0 aliphatic rings. The monoisotopic (exact) mass is 182 g/mol. The summed E-state index contributed by atoms with van der Waals surface area (Å²) in [5, 5.41) is 14.1. The van der Waals surface area contributed by atoms with Gasteiger partial charge in [0.05, 0.1) is 11.8 Å². The molecule has 3 heteroatoms. The van der Waals surface area contributed by atoms with Crippen LogP contribution in [0.5, 0.6) is 0 Å². The van der Waals surface area contributed by atoms with Gasteiger partial charge < -0.3 is 5.11 Å². The Morgan fingerprint density at radius 1 is 1.54 bits per heavy atom. The third kappa shape index (κ3) is 2.31. The summed E-state index contributed by atoms with van der Waals surface area (Å²) in [6.45, 7) is 4.13. The molecule has 0 bridgehead atoms. The minimum atomic E-state index is -0.339. The van der Waals surface area contributed by atoms with Crippen LogP contribution in [0.1, 0.15) is 44.1 Å². The maximum absolute atomic E-state index is 9.79. The lowest BCUT2D eigenvalue weighted by Gasteiger charge is -2.07. The highest BCUT2D eigenvalue weighted by Crippen LogP contribution is 2.21. The highest BCUT2D eigenvalue weighted by molar-refractivity contribution is 5.19. The molecule has 1 rings (SSSR count). The predicted octanol–water partition coefficient (Wildman–Crippen LogP) is 1.82. The van der Waals surface area contributed by atoms with Crippen molar-refractivity contribution in [3.8, 4) is 0 Å². The minimum Gasteiger partial charge on any atom is -0.388 e. The molecule has 0 amide bonds. The van der Waals surface area contributed by atoms with Gasteiger partial charge in [0.15, 0.2) is 0 Å². The number of nitrogens with zero attached hydrogens (tertiary/aromatic N) is 2. The van der Waals surface area contributed by atoms with Crippen molar-refractivity contribution in [1.29, 1.82) is 0 Å². The van der Waals surface area contributed by atoms with Crippen LogP contribution in [0.4, 0.5) is 0 Å². The first-order chi connectivity index (χ1) is 6.19. The molecule has 74 valence electrons. The van der Waals surface area contributed by atoms with Crippen molar-refractivity contribution < 1.29 is 5.11 Å². The summed E-state index contributed by atoms with van der Waals surface area (Å²) in [5.74, 6) is 0. The first-order valence-corrected chi connectivity index (χ1v) is 4.89. The van der Waals surface area contributed by atoms with Crippen molar-refractivity contribution in [3.63, 3.8) is 0 Å². The smallest absolute Gasteiger partial charge is 0.0823 e. The number of aromatic nitrogens is 2. The van der Waals surface area contributed by atoms with Crippen molar-refractivity contribution in [2.45, 2.75) is 39.2 Å². The van der Waals surface area contributed by atoms with Gasteiger partial charge in [-0.05, 0) is 12.8 Å². The van der Waals surface area contributed by atoms with Gasteiger partial charge in [0.1, 0.15) is 0 Å². The second kappa shape index (κ2) is 4.42. The SMILES string of the molecule is CCCC(O)c1cn(C)nc1CC. The summed E-state index contributed by atoms with van der Waals surface area (Å²) in [6, 6.07) is 0. The molecule has 1 atom stereocenters. The van der Waals surface area contributed by atoms with Crippen molar-refractivity contribution in [2.24, 2.45) is 7.05 Å². The molecule has 13 heavy (non-hydrogen) atoms. The lowest BCUT2D eigenvalue weighted by molar-refractivity contribution is 0.165. The fourth-order valence-corrected chi connectivity index (χ4v) is 1.53. The van der Waals surface area contributed by atoms with E-state index in [4.69, 9.17) is 0 Å². The summed E-state index contributed by atoms with van der Waals surface area (Å²) in [4.78, 5) is 0. The molecule has 3 nitrogen and oxygen atoms in total. The molecule has 0 aliphatic heterocycles. The van der Waals surface area contributed by atoms with E-state index >= 15 is 0 Å². The second-order valence-corrected chi connectivity index (χ2v) is 3.36. The number of hydrogen-bond acceptors (Lipinski definition) is 2. The Labute approximate surface area is 79.4 Å². The third-order valence-corrected chi connectivity index (χ3v) is 2.19. The largest absolute Gasteiger partial charge is 0.388 e. The lowest BCUT2D eigenvalue weighted by atomic mass is 10.1. The van der Waals surface area contributed by atoms with Gasteiger partial charge >= 0.3 is 0 Å². The summed E-state index contributed by atoms with van der Waals surface area (Å²) < 4.78 is 1.77. The van der Waals surface area contributed by atoms with Crippen molar-refractivity contribution in [3.05, 3.63) is 17.5 Å². The number of aryl methyl sites for hydroxylation is 2. The number of rotatable bonds is 4. The Bertz CT molecular complexity index is 268. The van der Waals surface area contributed by atoms with Crippen LogP contribution in [-0.2, 0) is 13.5 Å². The molecule has 0 radical (unpaired) electrons. The highest BCUT2D eigenvalue weighted by Gasteiger charge is 2.13. The van der Waals surface area contributed by atoms with Crippen LogP contribution in [0.3, 0.4) is 0 Å². The predicted molar refractivity (Wildman–Crippen MR) is 52.5 cm³/mol. The van der Waals surface area contributed by atoms with Gasteiger partial charge in [0, 0.05) is 18.8 Å². The quantitative estimate of drug-likeness (QED) is 0.771. The van der Waals surface area contributed by atoms with E-state index < -0.39 is 0 Å². The van der Waals surface area contributed by atoms with Gasteiger partial charge in [0.25, 0.3) is 0 Å². The van der Waals surface area contributed by atoms with Crippen LogP contribution in [-0.4, -0.2) is 14.9 Å². The van der Waals surface area contributed by atoms with Gasteiger partial charge in [-0.1, -0.05) is 20.3 Å². The normalized spacial score (nSPS) is 13.2. The summed E-state index contributed by atoms with van der Waals surface area (Å²) in [5.41, 5.74) is 2.01. The molecule has 1 heterocycles. The molecule has 1 unspecified atom stereocenters. The van der Waals surface area contributed by atoms with Crippen molar-refractivity contribution in [1.82, 2.24) is 9.78 Å². The second-order valence-electron chi connectivity index (χ2n) is 3.36. The number of hydrogen-bond donors (Lipinski definition) is 1. The molecule has 0 aromatic carbocycles. The molecule has 0 saturated heterocycles. The fourth-order valence-electron chi connectivity index (χ4n) is 1.53. The van der Waals surface area contributed by atoms with E-state index in [1.54, 1.807) is 4.68 Å². The van der Waals surface area contributed by atoms with Gasteiger partial charge in [0.2, 0.25) is 0 Å². The van der Waals surface area contributed by atoms with Crippen molar-refractivity contribution >= 4 is 0 Å². The van der Waals surface area contributed by atoms with E-state index in [1.165, 1.54) is 0 Å². The Morgan fingerprint density at radius 2 is 2.23 bits per heavy atom. The van der Waals surface area contributed by atoms with Crippen LogP contribution in [0.2, 0.25) is 0 Å². The highest BCUT2D eigenvalue weighted by atomic mass is 16.3. The molecule has 0 saturated carbocycles. The molecule has 0 fully saturated rings. The van der Waals surface area contributed by atoms with E-state index in [1.807, 2.05) is 13.2 Å². The molecule has 0 spiro atoms. The maximum atomic E-state index is 9.79. The van der Waals surface area contributed by atoms with Gasteiger partial charge in [-0.2, -0.15) is 5.10 Å². The Balaban J connectivity index is 2.84. The van der Waals surface area contributed by atoms with Crippen molar-refractivity contribution in [2.75, 3.05) is 0 Å². The molecular weight excluding hydrogens is 164 g/mol. The van der Waals surface area contributed by atoms with Gasteiger partial charge in [-0.25, -0.2) is 0 Å². The van der Waals surface area contributed by atoms with E-state index in [-0.39, 0.29) is 6.10 Å². The third-order valence-electron chi connectivity index (χ3n) is 2.19. The minimum absolute atomic E-state index is 0.339. The van der Waals surface area contributed by atoms with Crippen LogP contribution in [0, 0.1) is 0 Å². The molecule has 1 aromatic rings. The molecule has 1 N–H and O–H groups in total. The number of aliphatic hydroxyl groups excluding tert-OH is 1. The summed E-state index contributed by atoms with van der Waals surface area (Å²) >= 11 is 0. The average Bonchev–Trinajstić information content (AvgIpc) is 2.47. The van der Waals surface area contributed by atoms with E-state index in [9.17, 15) is 5.11 Å². The van der Waals surface area contributed by atoms with Gasteiger partial charge in [-0.3, -0.25) is 4.68 Å². The lowest BCUT2D eigenvalue weighted by Crippen LogP contribution is -1.98. The van der Waals surface area contributed by atoms with E-state index in [0.717, 1.165) is 30.5 Å². The average molecular weight is 182 g/mol. The fraction of sp³-hybridized carbons (Fsp3) is 0.700. The molecular formula is C10H18N2O. The topological polar surface area (TPSA) is 38.0 Å². The van der Waals surface area contributed by atoms with Gasteiger partial charge in [-0.15, -0.1) is 0 Å². The first kappa shape index (κ1) is 10.3. The molecule has 0 aliphatic carbocycles. The van der Waals surface area contributed by atoms with Crippen LogP contribution in [0.15, 0.2) is 6.20 Å². The molecule has 1 aromatic heterocycles. The number of aliphatic hydroxyl groups is 1. The standard InChI is InChI=1S/C10H18N2O/c1-4-6-10(13)8-7-12(3)11-9(8)5-2/h7,10,13H,4-6H2,1-3H3. The Hall–Kier alpha value is -0.830. The Morgan fingerprint density at radius 3 is 2.77 bits per heavy atom. The maximum Gasteiger partial charge on any atom is 0.0823 e. The van der Waals surface area contributed by atoms with Crippen LogP contribution < -0.4 is 0 Å². The first-order valence-electron chi connectivity index (χ1n) is 4.89. The van der Waals surface area contributed by atoms with Crippen LogP contribution >= 0.6 is 0 Å². The van der Waals surface area contributed by atoms with E-state index in [0.29, 0.717) is 0 Å². The zero-order chi connectivity index (χ0) is 9.84. The summed E-state index contributed by atoms with van der Waals surface area (Å²) in [6.07, 6.45) is 4.28. The van der Waals surface area contributed by atoms with E-state index in [2.05, 4.69) is 18.9 Å². The zero-order valence-corrected chi connectivity index (χ0v) is 8.62. The zero-order valence-electron chi connectivity index (χ0n) is 8.62. The Kier molecular flexibility index (Phi) is 3.48.